The van der Waals surface area contributed by atoms with Crippen molar-refractivity contribution in [2.75, 3.05) is 0 Å². The molecule has 1 fully saturated rings. The molecule has 1 aromatic heterocycles. The van der Waals surface area contributed by atoms with Gasteiger partial charge in [0.1, 0.15) is 11.8 Å². The third kappa shape index (κ3) is 1.84. The van der Waals surface area contributed by atoms with E-state index in [4.69, 9.17) is 10.5 Å². The van der Waals surface area contributed by atoms with Crippen molar-refractivity contribution in [1.29, 1.82) is 0 Å². The summed E-state index contributed by atoms with van der Waals surface area (Å²) in [6, 6.07) is 5.94. The molecule has 1 aromatic rings. The molecule has 73 valence electrons. The molecule has 1 heterocycles. The van der Waals surface area contributed by atoms with Crippen molar-refractivity contribution in [3.05, 3.63) is 23.9 Å². The number of pyridine rings is 1. The van der Waals surface area contributed by atoms with Crippen LogP contribution in [0.3, 0.4) is 0 Å². The van der Waals surface area contributed by atoms with Crippen LogP contribution >= 0.6 is 0 Å². The van der Waals surface area contributed by atoms with Crippen LogP contribution in [0, 0.1) is 6.07 Å². The average Bonchev–Trinajstić information content (AvgIpc) is 2.12. The van der Waals surface area contributed by atoms with Crippen LogP contribution in [-0.4, -0.2) is 17.0 Å². The molecule has 14 heavy (non-hydrogen) atoms. The number of carbonyl (C=O) groups excluding carboxylic acids is 1. The Morgan fingerprint density at radius 3 is 3.00 bits per heavy atom. The molecule has 0 bridgehead atoms. The van der Waals surface area contributed by atoms with Gasteiger partial charge in [0.15, 0.2) is 0 Å². The molecule has 1 amide bonds. The topological polar surface area (TPSA) is 65.2 Å². The van der Waals surface area contributed by atoms with Gasteiger partial charge in [0.2, 0.25) is 5.88 Å². The highest BCUT2D eigenvalue weighted by Crippen LogP contribution is 2.23. The number of amides is 1. The van der Waals surface area contributed by atoms with Crippen molar-refractivity contribution in [2.45, 2.75) is 25.4 Å². The number of hydrogen-bond donors (Lipinski definition) is 1. The van der Waals surface area contributed by atoms with E-state index in [1.54, 1.807) is 12.1 Å². The highest BCUT2D eigenvalue weighted by Gasteiger charge is 2.19. The lowest BCUT2D eigenvalue weighted by atomic mass is 9.96. The number of nitrogens with zero attached hydrogens (tertiary/aromatic N) is 1. The predicted molar refractivity (Wildman–Crippen MR) is 49.9 cm³/mol. The molecule has 1 saturated carbocycles. The quantitative estimate of drug-likeness (QED) is 0.772. The molecule has 0 aliphatic heterocycles. The first-order valence-corrected chi connectivity index (χ1v) is 4.61. The van der Waals surface area contributed by atoms with Gasteiger partial charge in [-0.25, -0.2) is 4.98 Å². The fourth-order valence-corrected chi connectivity index (χ4v) is 1.22. The lowest BCUT2D eigenvalue weighted by Gasteiger charge is -2.25. The maximum absolute atomic E-state index is 10.8. The van der Waals surface area contributed by atoms with E-state index >= 15 is 0 Å². The van der Waals surface area contributed by atoms with Gasteiger partial charge in [-0.2, -0.15) is 0 Å². The summed E-state index contributed by atoms with van der Waals surface area (Å²) < 4.78 is 5.50. The van der Waals surface area contributed by atoms with E-state index in [9.17, 15) is 4.79 Å². The van der Waals surface area contributed by atoms with Crippen LogP contribution in [0.25, 0.3) is 0 Å². The second-order valence-electron chi connectivity index (χ2n) is 3.31. The number of nitrogens with two attached hydrogens (primary N) is 1. The Morgan fingerprint density at radius 1 is 1.64 bits per heavy atom. The first-order chi connectivity index (χ1) is 6.75. The van der Waals surface area contributed by atoms with Gasteiger partial charge in [0.05, 0.1) is 0 Å². The van der Waals surface area contributed by atoms with Crippen LogP contribution in [0.5, 0.6) is 5.88 Å². The number of aromatic nitrogens is 1. The van der Waals surface area contributed by atoms with E-state index in [0.29, 0.717) is 5.88 Å². The number of rotatable bonds is 3. The lowest BCUT2D eigenvalue weighted by Crippen LogP contribution is -2.25. The monoisotopic (exact) mass is 191 g/mol. The summed E-state index contributed by atoms with van der Waals surface area (Å²) in [7, 11) is 0. The van der Waals surface area contributed by atoms with Gasteiger partial charge in [-0.15, -0.1) is 0 Å². The minimum absolute atomic E-state index is 0.127. The summed E-state index contributed by atoms with van der Waals surface area (Å²) in [4.78, 5) is 14.7. The molecule has 0 atom stereocenters. The first kappa shape index (κ1) is 8.99. The van der Waals surface area contributed by atoms with Gasteiger partial charge in [0, 0.05) is 12.1 Å². The van der Waals surface area contributed by atoms with Crippen LogP contribution in [0.1, 0.15) is 29.8 Å². The summed E-state index contributed by atoms with van der Waals surface area (Å²) in [6.07, 6.45) is 3.58. The van der Waals surface area contributed by atoms with Gasteiger partial charge < -0.3 is 10.5 Å². The highest BCUT2D eigenvalue weighted by atomic mass is 16.5. The molecule has 4 heteroatoms. The Balaban J connectivity index is 2.09. The van der Waals surface area contributed by atoms with Gasteiger partial charge in [-0.1, -0.05) is 0 Å². The van der Waals surface area contributed by atoms with Gasteiger partial charge in [-0.3, -0.25) is 4.79 Å². The van der Waals surface area contributed by atoms with E-state index in [1.807, 2.05) is 0 Å². The van der Waals surface area contributed by atoms with Crippen molar-refractivity contribution in [1.82, 2.24) is 4.98 Å². The highest BCUT2D eigenvalue weighted by molar-refractivity contribution is 5.90. The van der Waals surface area contributed by atoms with E-state index in [0.717, 1.165) is 12.8 Å². The number of carbonyl (C=O) groups is 1. The molecule has 0 unspecified atom stereocenters. The summed E-state index contributed by atoms with van der Waals surface area (Å²) in [5.41, 5.74) is 5.20. The maximum atomic E-state index is 10.8. The van der Waals surface area contributed by atoms with Crippen LogP contribution in [-0.2, 0) is 0 Å². The zero-order valence-corrected chi connectivity index (χ0v) is 7.69. The SMILES string of the molecule is NC(=O)c1[c]ccc(OC2CCC2)n1. The Bertz CT molecular complexity index is 348. The molecular formula is C10H11N2O2. The molecule has 1 aliphatic carbocycles. The first-order valence-electron chi connectivity index (χ1n) is 4.61. The molecule has 0 saturated heterocycles. The second kappa shape index (κ2) is 3.65. The van der Waals surface area contributed by atoms with Crippen molar-refractivity contribution in [2.24, 2.45) is 5.73 Å². The van der Waals surface area contributed by atoms with E-state index in [1.165, 1.54) is 6.42 Å². The zero-order chi connectivity index (χ0) is 9.97. The van der Waals surface area contributed by atoms with E-state index in [2.05, 4.69) is 11.1 Å². The van der Waals surface area contributed by atoms with Crippen LogP contribution in [0.15, 0.2) is 12.1 Å². The molecule has 0 aromatic carbocycles. The fraction of sp³-hybridized carbons (Fsp3) is 0.400. The molecule has 2 rings (SSSR count). The van der Waals surface area contributed by atoms with Gasteiger partial charge in [-0.05, 0) is 25.3 Å². The molecule has 2 N–H and O–H groups in total. The largest absolute Gasteiger partial charge is 0.474 e. The summed E-state index contributed by atoms with van der Waals surface area (Å²) in [5.74, 6) is -0.119. The minimum atomic E-state index is -0.580. The molecule has 4 nitrogen and oxygen atoms in total. The van der Waals surface area contributed by atoms with E-state index < -0.39 is 5.91 Å². The van der Waals surface area contributed by atoms with Gasteiger partial charge in [0.25, 0.3) is 5.91 Å². The fourth-order valence-electron chi connectivity index (χ4n) is 1.22. The molecule has 1 aliphatic rings. The molecular weight excluding hydrogens is 180 g/mol. The number of hydrogen-bond acceptors (Lipinski definition) is 3. The average molecular weight is 191 g/mol. The van der Waals surface area contributed by atoms with Crippen molar-refractivity contribution >= 4 is 5.91 Å². The Kier molecular flexibility index (Phi) is 2.35. The third-order valence-electron chi connectivity index (χ3n) is 2.24. The number of ether oxygens (including phenoxy) is 1. The Morgan fingerprint density at radius 2 is 2.43 bits per heavy atom. The van der Waals surface area contributed by atoms with Crippen LogP contribution < -0.4 is 10.5 Å². The Hall–Kier alpha value is -1.58. The maximum Gasteiger partial charge on any atom is 0.268 e. The summed E-state index contributed by atoms with van der Waals surface area (Å²) >= 11 is 0. The van der Waals surface area contributed by atoms with Gasteiger partial charge >= 0.3 is 0 Å². The van der Waals surface area contributed by atoms with Crippen molar-refractivity contribution in [3.8, 4) is 5.88 Å². The number of primary amides is 1. The minimum Gasteiger partial charge on any atom is -0.474 e. The summed E-state index contributed by atoms with van der Waals surface area (Å²) in [5, 5.41) is 0. The smallest absolute Gasteiger partial charge is 0.268 e. The Labute approximate surface area is 82.1 Å². The predicted octanol–water partition coefficient (Wildman–Crippen LogP) is 0.912. The van der Waals surface area contributed by atoms with Crippen molar-refractivity contribution in [3.63, 3.8) is 0 Å². The van der Waals surface area contributed by atoms with Crippen LogP contribution in [0.4, 0.5) is 0 Å². The molecule has 0 spiro atoms. The third-order valence-corrected chi connectivity index (χ3v) is 2.24. The van der Waals surface area contributed by atoms with E-state index in [-0.39, 0.29) is 11.8 Å². The van der Waals surface area contributed by atoms with Crippen LogP contribution in [0.2, 0.25) is 0 Å². The summed E-state index contributed by atoms with van der Waals surface area (Å²) in [6.45, 7) is 0. The second-order valence-corrected chi connectivity index (χ2v) is 3.31. The zero-order valence-electron chi connectivity index (χ0n) is 7.69. The molecule has 1 radical (unpaired) electrons. The lowest BCUT2D eigenvalue weighted by molar-refractivity contribution is 0.0983. The standard InChI is InChI=1S/C10H11N2O2/c11-10(13)8-5-2-6-9(12-8)14-7-3-1-4-7/h2,6-7H,1,3-4H2,(H2,11,13). The normalized spacial score (nSPS) is 16.0. The van der Waals surface area contributed by atoms with Crippen molar-refractivity contribution < 1.29 is 9.53 Å².